The molecule has 0 saturated heterocycles. The van der Waals surface area contributed by atoms with Gasteiger partial charge in [0, 0.05) is 36.5 Å². The fourth-order valence-electron chi connectivity index (χ4n) is 1.91. The van der Waals surface area contributed by atoms with E-state index in [1.54, 1.807) is 22.9 Å². The number of aryl methyl sites for hydroxylation is 1. The Labute approximate surface area is 109 Å². The van der Waals surface area contributed by atoms with E-state index >= 15 is 0 Å². The maximum Gasteiger partial charge on any atom is 0.167 e. The van der Waals surface area contributed by atoms with E-state index < -0.39 is 5.82 Å². The van der Waals surface area contributed by atoms with Crippen LogP contribution in [0.5, 0.6) is 11.5 Å². The Hall–Kier alpha value is -2.56. The van der Waals surface area contributed by atoms with E-state index in [0.29, 0.717) is 11.4 Å². The Morgan fingerprint density at radius 2 is 2.05 bits per heavy atom. The van der Waals surface area contributed by atoms with Crippen LogP contribution < -0.4 is 10.5 Å². The Kier molecular flexibility index (Phi) is 2.59. The highest BCUT2D eigenvalue weighted by Gasteiger charge is 2.06. The number of nitrogen functional groups attached to an aromatic ring is 1. The van der Waals surface area contributed by atoms with Gasteiger partial charge in [-0.25, -0.2) is 4.39 Å². The lowest BCUT2D eigenvalue weighted by Gasteiger charge is -2.07. The van der Waals surface area contributed by atoms with Crippen LogP contribution in [0.3, 0.4) is 0 Å². The zero-order valence-corrected chi connectivity index (χ0v) is 10.3. The van der Waals surface area contributed by atoms with Gasteiger partial charge in [0.05, 0.1) is 5.52 Å². The molecule has 0 spiro atoms. The quantitative estimate of drug-likeness (QED) is 0.718. The lowest BCUT2D eigenvalue weighted by atomic mass is 10.2. The predicted octanol–water partition coefficient (Wildman–Crippen LogP) is 3.09. The minimum Gasteiger partial charge on any atom is -0.454 e. The molecular weight excluding hydrogens is 245 g/mol. The van der Waals surface area contributed by atoms with Gasteiger partial charge in [0.1, 0.15) is 5.75 Å². The molecule has 3 aromatic rings. The number of anilines is 1. The lowest BCUT2D eigenvalue weighted by Crippen LogP contribution is -1.91. The van der Waals surface area contributed by atoms with Crippen molar-refractivity contribution in [1.29, 1.82) is 0 Å². The molecule has 3 rings (SSSR count). The summed E-state index contributed by atoms with van der Waals surface area (Å²) in [6, 6.07) is 9.76. The van der Waals surface area contributed by atoms with Crippen molar-refractivity contribution in [3.8, 4) is 11.5 Å². The number of hydrogen-bond donors (Lipinski definition) is 1. The number of benzene rings is 2. The second-order valence-electron chi connectivity index (χ2n) is 4.32. The van der Waals surface area contributed by atoms with Gasteiger partial charge in [-0.1, -0.05) is 0 Å². The van der Waals surface area contributed by atoms with E-state index in [9.17, 15) is 4.39 Å². The molecule has 0 atom stereocenters. The van der Waals surface area contributed by atoms with Gasteiger partial charge in [0.25, 0.3) is 0 Å². The van der Waals surface area contributed by atoms with E-state index in [1.165, 1.54) is 12.1 Å². The van der Waals surface area contributed by atoms with Crippen LogP contribution in [0.4, 0.5) is 10.1 Å². The molecule has 0 bridgehead atoms. The number of nitrogens with two attached hydrogens (primary N) is 1. The van der Waals surface area contributed by atoms with Gasteiger partial charge >= 0.3 is 0 Å². The highest BCUT2D eigenvalue weighted by atomic mass is 19.1. The van der Waals surface area contributed by atoms with Crippen LogP contribution in [-0.4, -0.2) is 9.78 Å². The molecule has 0 fully saturated rings. The van der Waals surface area contributed by atoms with Gasteiger partial charge in [-0.15, -0.1) is 0 Å². The Morgan fingerprint density at radius 1 is 1.21 bits per heavy atom. The summed E-state index contributed by atoms with van der Waals surface area (Å²) in [5.74, 6) is 0.195. The van der Waals surface area contributed by atoms with Crippen LogP contribution >= 0.6 is 0 Å². The number of halogens is 1. The van der Waals surface area contributed by atoms with Crippen LogP contribution in [0.25, 0.3) is 10.9 Å². The summed E-state index contributed by atoms with van der Waals surface area (Å²) in [6.45, 7) is 0. The van der Waals surface area contributed by atoms with Gasteiger partial charge < -0.3 is 10.5 Å². The third-order valence-electron chi connectivity index (χ3n) is 2.78. The molecule has 0 amide bonds. The van der Waals surface area contributed by atoms with Crippen molar-refractivity contribution in [3.63, 3.8) is 0 Å². The average Bonchev–Trinajstić information content (AvgIpc) is 2.72. The first-order chi connectivity index (χ1) is 9.11. The monoisotopic (exact) mass is 257 g/mol. The number of aromatic nitrogens is 2. The first-order valence-electron chi connectivity index (χ1n) is 5.78. The normalized spacial score (nSPS) is 10.8. The molecule has 0 unspecified atom stereocenters. The minimum absolute atomic E-state index is 0.143. The molecule has 2 aromatic carbocycles. The van der Waals surface area contributed by atoms with Crippen LogP contribution in [0.15, 0.2) is 42.6 Å². The minimum atomic E-state index is -0.485. The molecule has 0 saturated carbocycles. The summed E-state index contributed by atoms with van der Waals surface area (Å²) in [6.07, 6.45) is 1.91. The van der Waals surface area contributed by atoms with Crippen molar-refractivity contribution in [1.82, 2.24) is 9.78 Å². The summed E-state index contributed by atoms with van der Waals surface area (Å²) < 4.78 is 20.9. The zero-order chi connectivity index (χ0) is 13.4. The second-order valence-corrected chi connectivity index (χ2v) is 4.32. The zero-order valence-electron chi connectivity index (χ0n) is 10.3. The molecule has 4 nitrogen and oxygen atoms in total. The molecule has 1 heterocycles. The molecule has 2 N–H and O–H groups in total. The highest BCUT2D eigenvalue weighted by molar-refractivity contribution is 5.79. The third kappa shape index (κ3) is 2.22. The molecule has 5 heteroatoms. The van der Waals surface area contributed by atoms with Crippen LogP contribution in [0.2, 0.25) is 0 Å². The molecule has 0 aliphatic heterocycles. The van der Waals surface area contributed by atoms with E-state index in [0.717, 1.165) is 10.9 Å². The average molecular weight is 257 g/mol. The number of rotatable bonds is 2. The van der Waals surface area contributed by atoms with Crippen molar-refractivity contribution in [2.75, 3.05) is 5.73 Å². The summed E-state index contributed by atoms with van der Waals surface area (Å²) in [5, 5.41) is 5.28. The highest BCUT2D eigenvalue weighted by Crippen LogP contribution is 2.27. The number of hydrogen-bond acceptors (Lipinski definition) is 3. The largest absolute Gasteiger partial charge is 0.454 e. The maximum absolute atomic E-state index is 13.6. The molecule has 0 aliphatic rings. The van der Waals surface area contributed by atoms with Gasteiger partial charge in [0.15, 0.2) is 11.6 Å². The van der Waals surface area contributed by atoms with E-state index in [1.807, 2.05) is 19.3 Å². The standard InChI is InChI=1S/C14H12FN3O/c1-18-8-9-2-4-11(7-13(9)17-18)19-14-5-3-10(16)6-12(14)15/h2-8H,16H2,1H3. The van der Waals surface area contributed by atoms with Crippen molar-refractivity contribution in [2.24, 2.45) is 7.05 Å². The van der Waals surface area contributed by atoms with Crippen LogP contribution in [0, 0.1) is 5.82 Å². The van der Waals surface area contributed by atoms with Gasteiger partial charge in [0.2, 0.25) is 0 Å². The van der Waals surface area contributed by atoms with E-state index in [-0.39, 0.29) is 5.75 Å². The topological polar surface area (TPSA) is 53.1 Å². The Bertz CT molecular complexity index is 752. The Morgan fingerprint density at radius 3 is 2.84 bits per heavy atom. The number of fused-ring (bicyclic) bond motifs is 1. The molecule has 96 valence electrons. The molecule has 0 aliphatic carbocycles. The molecule has 19 heavy (non-hydrogen) atoms. The van der Waals surface area contributed by atoms with Crippen molar-refractivity contribution in [2.45, 2.75) is 0 Å². The SMILES string of the molecule is Cn1cc2ccc(Oc3ccc(N)cc3F)cc2n1. The Balaban J connectivity index is 1.96. The van der Waals surface area contributed by atoms with Gasteiger partial charge in [-0.2, -0.15) is 5.10 Å². The first kappa shape index (κ1) is 11.5. The molecule has 1 aromatic heterocycles. The van der Waals surface area contributed by atoms with E-state index in [2.05, 4.69) is 5.10 Å². The lowest BCUT2D eigenvalue weighted by molar-refractivity contribution is 0.443. The molecule has 0 radical (unpaired) electrons. The first-order valence-corrected chi connectivity index (χ1v) is 5.78. The van der Waals surface area contributed by atoms with E-state index in [4.69, 9.17) is 10.5 Å². The van der Waals surface area contributed by atoms with Crippen molar-refractivity contribution in [3.05, 3.63) is 48.4 Å². The summed E-state index contributed by atoms with van der Waals surface area (Å²) >= 11 is 0. The number of nitrogens with zero attached hydrogens (tertiary/aromatic N) is 2. The van der Waals surface area contributed by atoms with Gasteiger partial charge in [-0.05, 0) is 24.3 Å². The summed E-state index contributed by atoms with van der Waals surface area (Å²) in [7, 11) is 1.85. The predicted molar refractivity (Wildman–Crippen MR) is 71.6 cm³/mol. The fraction of sp³-hybridized carbons (Fsp3) is 0.0714. The second kappa shape index (κ2) is 4.28. The van der Waals surface area contributed by atoms with Crippen LogP contribution in [-0.2, 0) is 7.05 Å². The number of ether oxygens (including phenoxy) is 1. The van der Waals surface area contributed by atoms with Crippen LogP contribution in [0.1, 0.15) is 0 Å². The maximum atomic E-state index is 13.6. The van der Waals surface area contributed by atoms with Crippen molar-refractivity contribution < 1.29 is 9.13 Å². The third-order valence-corrected chi connectivity index (χ3v) is 2.78. The smallest absolute Gasteiger partial charge is 0.167 e. The summed E-state index contributed by atoms with van der Waals surface area (Å²) in [5.41, 5.74) is 6.66. The fourth-order valence-corrected chi connectivity index (χ4v) is 1.91. The molecular formula is C14H12FN3O. The van der Waals surface area contributed by atoms with Crippen molar-refractivity contribution >= 4 is 16.6 Å². The van der Waals surface area contributed by atoms with Gasteiger partial charge in [-0.3, -0.25) is 4.68 Å². The summed E-state index contributed by atoms with van der Waals surface area (Å²) in [4.78, 5) is 0.